The summed E-state index contributed by atoms with van der Waals surface area (Å²) in [5, 5.41) is 25.5. The van der Waals surface area contributed by atoms with Gasteiger partial charge in [0, 0.05) is 25.2 Å². The number of hydrogen-bond acceptors (Lipinski definition) is 4. The summed E-state index contributed by atoms with van der Waals surface area (Å²) in [5.74, 6) is -0.599. The van der Waals surface area contributed by atoms with E-state index < -0.39 is 5.82 Å². The molecule has 3 rings (SSSR count). The number of hydrogen-bond donors (Lipinski definition) is 4. The van der Waals surface area contributed by atoms with Crippen molar-refractivity contribution in [3.63, 3.8) is 0 Å². The van der Waals surface area contributed by atoms with E-state index in [1.807, 2.05) is 12.1 Å². The van der Waals surface area contributed by atoms with Gasteiger partial charge in [-0.2, -0.15) is 0 Å². The fourth-order valence-electron chi connectivity index (χ4n) is 2.93. The molecule has 1 fully saturated rings. The molecule has 4 nitrogen and oxygen atoms in total. The third-order valence-corrected chi connectivity index (χ3v) is 4.22. The molecule has 122 valence electrons. The quantitative estimate of drug-likeness (QED) is 0.696. The van der Waals surface area contributed by atoms with E-state index in [4.69, 9.17) is 0 Å². The number of halogens is 1. The van der Waals surface area contributed by atoms with Crippen LogP contribution in [0.15, 0.2) is 42.5 Å². The summed E-state index contributed by atoms with van der Waals surface area (Å²) in [6, 6.07) is 12.4. The van der Waals surface area contributed by atoms with Crippen LogP contribution in [0.3, 0.4) is 0 Å². The number of rotatable bonds is 4. The van der Waals surface area contributed by atoms with E-state index in [0.29, 0.717) is 6.04 Å². The molecule has 0 aliphatic carbocycles. The summed E-state index contributed by atoms with van der Waals surface area (Å²) >= 11 is 0. The van der Waals surface area contributed by atoms with Gasteiger partial charge in [0.25, 0.3) is 0 Å². The van der Waals surface area contributed by atoms with Gasteiger partial charge in [0.2, 0.25) is 0 Å². The molecule has 0 bridgehead atoms. The van der Waals surface area contributed by atoms with Crippen LogP contribution in [0.2, 0.25) is 0 Å². The fraction of sp³-hybridized carbons (Fsp3) is 0.333. The molecule has 2 aromatic carbocycles. The van der Waals surface area contributed by atoms with Gasteiger partial charge in [0.1, 0.15) is 5.75 Å². The van der Waals surface area contributed by atoms with Gasteiger partial charge in [-0.05, 0) is 48.2 Å². The highest BCUT2D eigenvalue weighted by Gasteiger charge is 2.20. The molecule has 0 aromatic heterocycles. The van der Waals surface area contributed by atoms with Crippen molar-refractivity contribution < 1.29 is 14.6 Å². The Balaban J connectivity index is 1.50. The number of nitrogens with one attached hydrogen (secondary N) is 2. The molecule has 23 heavy (non-hydrogen) atoms. The van der Waals surface area contributed by atoms with Gasteiger partial charge in [-0.1, -0.05) is 18.2 Å². The van der Waals surface area contributed by atoms with Crippen LogP contribution < -0.4 is 10.6 Å². The molecule has 0 saturated carbocycles. The largest absolute Gasteiger partial charge is 0.508 e. The normalized spacial score (nSPS) is 21.3. The first-order valence-corrected chi connectivity index (χ1v) is 7.82. The van der Waals surface area contributed by atoms with Gasteiger partial charge in [0.05, 0.1) is 0 Å². The maximum atomic E-state index is 13.4. The zero-order valence-corrected chi connectivity index (χ0v) is 12.8. The molecular weight excluding hydrogens is 295 g/mol. The minimum absolute atomic E-state index is 0.245. The number of phenols is 2. The highest BCUT2D eigenvalue weighted by Crippen LogP contribution is 2.18. The molecule has 4 N–H and O–H groups in total. The third kappa shape index (κ3) is 4.21. The molecule has 0 unspecified atom stereocenters. The summed E-state index contributed by atoms with van der Waals surface area (Å²) in [4.78, 5) is 0. The first-order valence-electron chi connectivity index (χ1n) is 7.82. The second-order valence-electron chi connectivity index (χ2n) is 6.07. The van der Waals surface area contributed by atoms with Crippen molar-refractivity contribution >= 4 is 0 Å². The molecule has 2 atom stereocenters. The Bertz CT molecular complexity index is 653. The highest BCUT2D eigenvalue weighted by atomic mass is 19.1. The van der Waals surface area contributed by atoms with Crippen molar-refractivity contribution in [2.45, 2.75) is 24.9 Å². The van der Waals surface area contributed by atoms with Crippen LogP contribution in [0, 0.1) is 5.82 Å². The van der Waals surface area contributed by atoms with E-state index in [-0.39, 0.29) is 17.5 Å². The smallest absolute Gasteiger partial charge is 0.165 e. The SMILES string of the molecule is Oc1ccc(C[C@H]2CN[C@@H](Cc3ccc(O)c(F)c3)CN2)cc1. The Hall–Kier alpha value is -2.11. The maximum Gasteiger partial charge on any atom is 0.165 e. The van der Waals surface area contributed by atoms with E-state index in [2.05, 4.69) is 10.6 Å². The second kappa shape index (κ2) is 6.98. The van der Waals surface area contributed by atoms with E-state index in [9.17, 15) is 14.6 Å². The lowest BCUT2D eigenvalue weighted by Gasteiger charge is -2.31. The zero-order valence-electron chi connectivity index (χ0n) is 12.8. The first-order chi connectivity index (χ1) is 11.1. The predicted molar refractivity (Wildman–Crippen MR) is 87.2 cm³/mol. The van der Waals surface area contributed by atoms with Crippen LogP contribution in [0.4, 0.5) is 4.39 Å². The lowest BCUT2D eigenvalue weighted by atomic mass is 9.99. The van der Waals surface area contributed by atoms with Gasteiger partial charge in [-0.3, -0.25) is 0 Å². The van der Waals surface area contributed by atoms with E-state index >= 15 is 0 Å². The minimum Gasteiger partial charge on any atom is -0.508 e. The fourth-order valence-corrected chi connectivity index (χ4v) is 2.93. The Morgan fingerprint density at radius 3 is 2.00 bits per heavy atom. The Morgan fingerprint density at radius 2 is 1.43 bits per heavy atom. The lowest BCUT2D eigenvalue weighted by Crippen LogP contribution is -2.55. The summed E-state index contributed by atoms with van der Waals surface area (Å²) in [7, 11) is 0. The highest BCUT2D eigenvalue weighted by molar-refractivity contribution is 5.29. The van der Waals surface area contributed by atoms with Gasteiger partial charge in [-0.25, -0.2) is 4.39 Å². The molecule has 5 heteroatoms. The average molecular weight is 316 g/mol. The zero-order chi connectivity index (χ0) is 16.2. The predicted octanol–water partition coefficient (Wildman–Crippen LogP) is 1.95. The molecule has 1 aliphatic heterocycles. The molecule has 0 amide bonds. The monoisotopic (exact) mass is 316 g/mol. The van der Waals surface area contributed by atoms with Gasteiger partial charge in [-0.15, -0.1) is 0 Å². The number of phenolic OH excluding ortho intramolecular Hbond substituents is 2. The van der Waals surface area contributed by atoms with Crippen LogP contribution in [0.25, 0.3) is 0 Å². The van der Waals surface area contributed by atoms with Crippen molar-refractivity contribution in [3.05, 3.63) is 59.4 Å². The average Bonchev–Trinajstić information content (AvgIpc) is 2.55. The molecule has 0 radical (unpaired) electrons. The lowest BCUT2D eigenvalue weighted by molar-refractivity contribution is 0.342. The molecule has 1 aliphatic rings. The van der Waals surface area contributed by atoms with Gasteiger partial charge >= 0.3 is 0 Å². The minimum atomic E-state index is -0.573. The van der Waals surface area contributed by atoms with Crippen molar-refractivity contribution in [2.75, 3.05) is 13.1 Å². The Kier molecular flexibility index (Phi) is 4.79. The maximum absolute atomic E-state index is 13.4. The topological polar surface area (TPSA) is 64.5 Å². The summed E-state index contributed by atoms with van der Waals surface area (Å²) < 4.78 is 13.4. The number of piperazine rings is 1. The summed E-state index contributed by atoms with van der Waals surface area (Å²) in [5.41, 5.74) is 2.05. The van der Waals surface area contributed by atoms with Crippen LogP contribution in [0.1, 0.15) is 11.1 Å². The van der Waals surface area contributed by atoms with Crippen LogP contribution in [-0.4, -0.2) is 35.4 Å². The molecule has 1 heterocycles. The van der Waals surface area contributed by atoms with Crippen molar-refractivity contribution in [1.82, 2.24) is 10.6 Å². The summed E-state index contributed by atoms with van der Waals surface area (Å²) in [6.45, 7) is 1.65. The Labute approximate surface area is 135 Å². The molecule has 2 aromatic rings. The van der Waals surface area contributed by atoms with Crippen molar-refractivity contribution in [3.8, 4) is 11.5 Å². The van der Waals surface area contributed by atoms with E-state index in [1.54, 1.807) is 18.2 Å². The standard InChI is InChI=1S/C18H21FN2O2/c19-17-9-13(3-6-18(17)23)8-15-11-20-14(10-21-15)7-12-1-4-16(22)5-2-12/h1-6,9,14-15,20-23H,7-8,10-11H2/t14-,15-/m0/s1. The van der Waals surface area contributed by atoms with Gasteiger partial charge < -0.3 is 20.8 Å². The van der Waals surface area contributed by atoms with Crippen LogP contribution in [0.5, 0.6) is 11.5 Å². The van der Waals surface area contributed by atoms with Crippen LogP contribution in [-0.2, 0) is 12.8 Å². The molecule has 1 saturated heterocycles. The van der Waals surface area contributed by atoms with E-state index in [0.717, 1.165) is 31.5 Å². The molecule has 0 spiro atoms. The van der Waals surface area contributed by atoms with Crippen molar-refractivity contribution in [2.24, 2.45) is 0 Å². The molecular formula is C18H21FN2O2. The second-order valence-corrected chi connectivity index (χ2v) is 6.07. The number of benzene rings is 2. The summed E-state index contributed by atoms with van der Waals surface area (Å²) in [6.07, 6.45) is 1.62. The Morgan fingerprint density at radius 1 is 0.870 bits per heavy atom. The van der Waals surface area contributed by atoms with Crippen molar-refractivity contribution in [1.29, 1.82) is 0 Å². The number of aromatic hydroxyl groups is 2. The third-order valence-electron chi connectivity index (χ3n) is 4.22. The van der Waals surface area contributed by atoms with Crippen LogP contribution >= 0.6 is 0 Å². The first kappa shape index (κ1) is 15.8. The van der Waals surface area contributed by atoms with E-state index in [1.165, 1.54) is 17.7 Å². The van der Waals surface area contributed by atoms with Gasteiger partial charge in [0.15, 0.2) is 11.6 Å².